The lowest BCUT2D eigenvalue weighted by atomic mass is 9.89. The largest absolute Gasteiger partial charge is 0.467 e. The molecule has 0 saturated carbocycles. The molecular formula is C19H22Cl2F3N3O2. The molecule has 0 unspecified atom stereocenters. The van der Waals surface area contributed by atoms with Gasteiger partial charge in [0.15, 0.2) is 6.61 Å². The second kappa shape index (κ2) is 10.7. The van der Waals surface area contributed by atoms with Crippen molar-refractivity contribution >= 4 is 30.7 Å². The molecule has 1 aromatic heterocycles. The van der Waals surface area contributed by atoms with Crippen LogP contribution >= 0.6 is 24.8 Å². The van der Waals surface area contributed by atoms with Crippen LogP contribution in [0, 0.1) is 5.92 Å². The molecule has 3 rings (SSSR count). The Balaban J connectivity index is 0.00000210. The van der Waals surface area contributed by atoms with Gasteiger partial charge in [-0.3, -0.25) is 4.79 Å². The maximum absolute atomic E-state index is 12.9. The molecule has 2 aromatic rings. The first-order chi connectivity index (χ1) is 12.9. The molecule has 1 aliphatic rings. The molecule has 0 spiro atoms. The van der Waals surface area contributed by atoms with Gasteiger partial charge < -0.3 is 15.4 Å². The van der Waals surface area contributed by atoms with Crippen molar-refractivity contribution in [1.29, 1.82) is 0 Å². The summed E-state index contributed by atoms with van der Waals surface area (Å²) in [6.07, 6.45) is -3.21. The molecule has 2 atom stereocenters. The summed E-state index contributed by atoms with van der Waals surface area (Å²) < 4.78 is 42.1. The Kier molecular flexibility index (Phi) is 9.19. The van der Waals surface area contributed by atoms with Gasteiger partial charge in [0.25, 0.3) is 5.91 Å². The van der Waals surface area contributed by atoms with E-state index in [1.165, 1.54) is 18.3 Å². The number of aromatic nitrogens is 1. The Bertz CT molecular complexity index is 794. The van der Waals surface area contributed by atoms with Gasteiger partial charge in [0, 0.05) is 25.2 Å². The van der Waals surface area contributed by atoms with E-state index in [9.17, 15) is 18.0 Å². The predicted molar refractivity (Wildman–Crippen MR) is 108 cm³/mol. The van der Waals surface area contributed by atoms with Crippen molar-refractivity contribution in [2.24, 2.45) is 11.7 Å². The number of nitrogens with zero attached hydrogens (tertiary/aromatic N) is 2. The highest BCUT2D eigenvalue weighted by molar-refractivity contribution is 5.96. The van der Waals surface area contributed by atoms with Crippen LogP contribution in [0.2, 0.25) is 0 Å². The third kappa shape index (κ3) is 6.22. The standard InChI is InChI=1S/C19H20F3N3O2.2ClH/c20-19(21,22)12-27-17-15(7-4-8-24-17)18(26)25-10-14(9-23)16(11-25)13-5-2-1-3-6-13;;/h1-8,14,16H,9-12,23H2;2*1H/t14-,16+;;/m1../s1. The van der Waals surface area contributed by atoms with E-state index in [4.69, 9.17) is 10.5 Å². The minimum Gasteiger partial charge on any atom is -0.467 e. The zero-order valence-electron chi connectivity index (χ0n) is 15.3. The molecule has 1 fully saturated rings. The number of carbonyl (C=O) groups excluding carboxylic acids is 1. The van der Waals surface area contributed by atoms with Crippen molar-refractivity contribution in [3.63, 3.8) is 0 Å². The Morgan fingerprint density at radius 3 is 2.45 bits per heavy atom. The van der Waals surface area contributed by atoms with E-state index in [-0.39, 0.29) is 48.1 Å². The van der Waals surface area contributed by atoms with Gasteiger partial charge >= 0.3 is 6.18 Å². The van der Waals surface area contributed by atoms with Gasteiger partial charge in [0.2, 0.25) is 5.88 Å². The molecule has 2 heterocycles. The molecule has 1 amide bonds. The SMILES string of the molecule is Cl.Cl.NC[C@@H]1CN(C(=O)c2cccnc2OCC(F)(F)F)C[C@H]1c1ccccc1. The second-order valence-corrected chi connectivity index (χ2v) is 6.48. The van der Waals surface area contributed by atoms with E-state index >= 15 is 0 Å². The lowest BCUT2D eigenvalue weighted by Crippen LogP contribution is -2.31. The van der Waals surface area contributed by atoms with E-state index in [1.807, 2.05) is 30.3 Å². The summed E-state index contributed by atoms with van der Waals surface area (Å²) in [5.74, 6) is -0.562. The minimum atomic E-state index is -4.51. The van der Waals surface area contributed by atoms with E-state index < -0.39 is 18.7 Å². The number of pyridine rings is 1. The summed E-state index contributed by atoms with van der Waals surface area (Å²) >= 11 is 0. The van der Waals surface area contributed by atoms with E-state index in [0.717, 1.165) is 5.56 Å². The van der Waals surface area contributed by atoms with Crippen molar-refractivity contribution in [2.75, 3.05) is 26.2 Å². The maximum atomic E-state index is 12.9. The smallest absolute Gasteiger partial charge is 0.422 e. The Hall–Kier alpha value is -2.03. The minimum absolute atomic E-state index is 0. The number of halogens is 5. The molecule has 1 aromatic carbocycles. The molecular weight excluding hydrogens is 430 g/mol. The fourth-order valence-electron chi connectivity index (χ4n) is 3.34. The van der Waals surface area contributed by atoms with Crippen LogP contribution in [0.25, 0.3) is 0 Å². The number of likely N-dealkylation sites (tertiary alicyclic amines) is 1. The molecule has 1 saturated heterocycles. The highest BCUT2D eigenvalue weighted by atomic mass is 35.5. The van der Waals surface area contributed by atoms with Crippen molar-refractivity contribution in [1.82, 2.24) is 9.88 Å². The summed E-state index contributed by atoms with van der Waals surface area (Å²) in [6, 6.07) is 12.7. The first kappa shape index (κ1) is 25.0. The monoisotopic (exact) mass is 451 g/mol. The highest BCUT2D eigenvalue weighted by Crippen LogP contribution is 2.33. The summed E-state index contributed by atoms with van der Waals surface area (Å²) in [5, 5.41) is 0. The lowest BCUT2D eigenvalue weighted by Gasteiger charge is -2.18. The van der Waals surface area contributed by atoms with Gasteiger partial charge in [-0.05, 0) is 30.2 Å². The highest BCUT2D eigenvalue weighted by Gasteiger charge is 2.37. The lowest BCUT2D eigenvalue weighted by molar-refractivity contribution is -0.154. The topological polar surface area (TPSA) is 68.5 Å². The molecule has 1 aliphatic heterocycles. The summed E-state index contributed by atoms with van der Waals surface area (Å²) in [7, 11) is 0. The van der Waals surface area contributed by atoms with Crippen LogP contribution in [-0.4, -0.2) is 48.2 Å². The average molecular weight is 452 g/mol. The van der Waals surface area contributed by atoms with Crippen molar-refractivity contribution < 1.29 is 22.7 Å². The van der Waals surface area contributed by atoms with Crippen molar-refractivity contribution in [3.05, 3.63) is 59.8 Å². The zero-order valence-corrected chi connectivity index (χ0v) is 17.0. The van der Waals surface area contributed by atoms with Crippen LogP contribution in [0.5, 0.6) is 5.88 Å². The van der Waals surface area contributed by atoms with Crippen LogP contribution in [-0.2, 0) is 0 Å². The number of rotatable bonds is 5. The summed E-state index contributed by atoms with van der Waals surface area (Å²) in [5.41, 5.74) is 6.99. The number of benzene rings is 1. The third-order valence-corrected chi connectivity index (χ3v) is 4.63. The molecule has 0 bridgehead atoms. The van der Waals surface area contributed by atoms with Gasteiger partial charge in [-0.2, -0.15) is 13.2 Å². The molecule has 0 aliphatic carbocycles. The molecule has 160 valence electrons. The van der Waals surface area contributed by atoms with Gasteiger partial charge in [0.05, 0.1) is 0 Å². The Morgan fingerprint density at radius 2 is 1.83 bits per heavy atom. The maximum Gasteiger partial charge on any atom is 0.422 e. The van der Waals surface area contributed by atoms with Crippen molar-refractivity contribution in [2.45, 2.75) is 12.1 Å². The van der Waals surface area contributed by atoms with Crippen LogP contribution < -0.4 is 10.5 Å². The van der Waals surface area contributed by atoms with Crippen molar-refractivity contribution in [3.8, 4) is 5.88 Å². The second-order valence-electron chi connectivity index (χ2n) is 6.48. The van der Waals surface area contributed by atoms with E-state index in [1.54, 1.807) is 4.90 Å². The first-order valence-electron chi connectivity index (χ1n) is 8.58. The van der Waals surface area contributed by atoms with Gasteiger partial charge in [-0.1, -0.05) is 30.3 Å². The number of carbonyl (C=O) groups is 1. The fourth-order valence-corrected chi connectivity index (χ4v) is 3.34. The van der Waals surface area contributed by atoms with Crippen LogP contribution in [0.1, 0.15) is 21.8 Å². The number of ether oxygens (including phenoxy) is 1. The Labute approximate surface area is 179 Å². The third-order valence-electron chi connectivity index (χ3n) is 4.63. The Morgan fingerprint density at radius 1 is 1.14 bits per heavy atom. The van der Waals surface area contributed by atoms with Gasteiger partial charge in [-0.25, -0.2) is 4.98 Å². The van der Waals surface area contributed by atoms with E-state index in [0.29, 0.717) is 19.6 Å². The molecule has 2 N–H and O–H groups in total. The zero-order chi connectivity index (χ0) is 19.4. The van der Waals surface area contributed by atoms with Gasteiger partial charge in [0.1, 0.15) is 5.56 Å². The number of hydrogen-bond donors (Lipinski definition) is 1. The normalized spacial score (nSPS) is 18.6. The first-order valence-corrected chi connectivity index (χ1v) is 8.58. The summed E-state index contributed by atoms with van der Waals surface area (Å²) in [6.45, 7) is -0.211. The quantitative estimate of drug-likeness (QED) is 0.752. The van der Waals surface area contributed by atoms with Crippen LogP contribution in [0.4, 0.5) is 13.2 Å². The average Bonchev–Trinajstić information content (AvgIpc) is 3.10. The number of amides is 1. The summed E-state index contributed by atoms with van der Waals surface area (Å²) in [4.78, 5) is 18.3. The van der Waals surface area contributed by atoms with Crippen LogP contribution in [0.15, 0.2) is 48.7 Å². The molecule has 10 heteroatoms. The number of alkyl halides is 3. The molecule has 0 radical (unpaired) electrons. The van der Waals surface area contributed by atoms with E-state index in [2.05, 4.69) is 4.98 Å². The predicted octanol–water partition coefficient (Wildman–Crippen LogP) is 3.68. The fraction of sp³-hybridized carbons (Fsp3) is 0.368. The molecule has 5 nitrogen and oxygen atoms in total. The van der Waals surface area contributed by atoms with Crippen LogP contribution in [0.3, 0.4) is 0 Å². The number of nitrogens with two attached hydrogens (primary N) is 1. The van der Waals surface area contributed by atoms with Gasteiger partial charge in [-0.15, -0.1) is 24.8 Å². The molecule has 29 heavy (non-hydrogen) atoms. The number of hydrogen-bond acceptors (Lipinski definition) is 4.